The number of carbonyl (C=O) groups is 2. The van der Waals surface area contributed by atoms with Crippen LogP contribution in [0.25, 0.3) is 0 Å². The molecular weight excluding hydrogens is 324 g/mol. The zero-order chi connectivity index (χ0) is 19.6. The minimum atomic E-state index is -1.44. The van der Waals surface area contributed by atoms with E-state index >= 15 is 0 Å². The highest BCUT2D eigenvalue weighted by Gasteiger charge is 2.41. The standard InChI is InChI=1S/C18H28N2O5/c1-10(19)8-17(3,15(22)23)12-5-6-14(21)13(7-12)18(4,16(24)25)9-11(2)20/h5-7,10-11,21H,8-9,19-20H2,1-4H3,(H,22,23)(H,24,25). The van der Waals surface area contributed by atoms with Crippen molar-refractivity contribution >= 4 is 11.9 Å². The maximum atomic E-state index is 11.9. The van der Waals surface area contributed by atoms with Crippen molar-refractivity contribution in [2.24, 2.45) is 11.5 Å². The van der Waals surface area contributed by atoms with Crippen LogP contribution in [0.4, 0.5) is 0 Å². The molecule has 0 heterocycles. The Morgan fingerprint density at radius 1 is 1.00 bits per heavy atom. The van der Waals surface area contributed by atoms with Crippen molar-refractivity contribution in [3.8, 4) is 5.75 Å². The minimum Gasteiger partial charge on any atom is -0.508 e. The predicted molar refractivity (Wildman–Crippen MR) is 94.6 cm³/mol. The molecule has 0 spiro atoms. The van der Waals surface area contributed by atoms with Gasteiger partial charge in [0, 0.05) is 17.6 Å². The summed E-state index contributed by atoms with van der Waals surface area (Å²) in [5, 5.41) is 29.6. The summed E-state index contributed by atoms with van der Waals surface area (Å²) in [6.07, 6.45) is 0.264. The summed E-state index contributed by atoms with van der Waals surface area (Å²) in [4.78, 5) is 23.7. The van der Waals surface area contributed by atoms with Gasteiger partial charge in [-0.15, -0.1) is 0 Å². The highest BCUT2D eigenvalue weighted by Crippen LogP contribution is 2.39. The summed E-state index contributed by atoms with van der Waals surface area (Å²) in [5.41, 5.74) is 9.38. The minimum absolute atomic E-state index is 0.0937. The van der Waals surface area contributed by atoms with Crippen molar-refractivity contribution in [2.75, 3.05) is 0 Å². The van der Waals surface area contributed by atoms with E-state index in [1.54, 1.807) is 20.8 Å². The molecule has 0 bridgehead atoms. The third kappa shape index (κ3) is 4.29. The molecule has 0 aliphatic heterocycles. The average molecular weight is 352 g/mol. The van der Waals surface area contributed by atoms with Crippen molar-refractivity contribution in [3.05, 3.63) is 29.3 Å². The first-order chi connectivity index (χ1) is 11.3. The smallest absolute Gasteiger partial charge is 0.314 e. The summed E-state index contributed by atoms with van der Waals surface area (Å²) >= 11 is 0. The third-order valence-corrected chi connectivity index (χ3v) is 4.63. The molecule has 7 N–H and O–H groups in total. The molecule has 4 atom stereocenters. The molecule has 4 unspecified atom stereocenters. The Labute approximate surface area is 147 Å². The Balaban J connectivity index is 3.58. The van der Waals surface area contributed by atoms with E-state index in [-0.39, 0.29) is 30.2 Å². The number of benzene rings is 1. The lowest BCUT2D eigenvalue weighted by Crippen LogP contribution is -2.40. The van der Waals surface area contributed by atoms with Crippen molar-refractivity contribution in [1.29, 1.82) is 0 Å². The number of carboxylic acids is 2. The first kappa shape index (κ1) is 20.9. The number of carboxylic acid groups (broad SMARTS) is 2. The highest BCUT2D eigenvalue weighted by atomic mass is 16.4. The zero-order valence-corrected chi connectivity index (χ0v) is 15.1. The number of phenols is 1. The quantitative estimate of drug-likeness (QED) is 0.477. The second kappa shape index (κ2) is 7.41. The summed E-state index contributed by atoms with van der Waals surface area (Å²) < 4.78 is 0. The third-order valence-electron chi connectivity index (χ3n) is 4.63. The molecule has 0 aliphatic carbocycles. The second-order valence-corrected chi connectivity index (χ2v) is 7.37. The van der Waals surface area contributed by atoms with Gasteiger partial charge in [0.1, 0.15) is 5.75 Å². The molecule has 25 heavy (non-hydrogen) atoms. The second-order valence-electron chi connectivity index (χ2n) is 7.37. The van der Waals surface area contributed by atoms with Crippen LogP contribution < -0.4 is 11.5 Å². The normalized spacial score (nSPS) is 18.6. The lowest BCUT2D eigenvalue weighted by Gasteiger charge is -2.31. The van der Waals surface area contributed by atoms with E-state index in [2.05, 4.69) is 0 Å². The monoisotopic (exact) mass is 352 g/mol. The van der Waals surface area contributed by atoms with Gasteiger partial charge in [-0.25, -0.2) is 0 Å². The van der Waals surface area contributed by atoms with Crippen LogP contribution in [0.1, 0.15) is 51.7 Å². The van der Waals surface area contributed by atoms with Gasteiger partial charge >= 0.3 is 11.9 Å². The number of nitrogens with two attached hydrogens (primary N) is 2. The Morgan fingerprint density at radius 2 is 1.44 bits per heavy atom. The van der Waals surface area contributed by atoms with Gasteiger partial charge in [0.15, 0.2) is 0 Å². The zero-order valence-electron chi connectivity index (χ0n) is 15.1. The van der Waals surface area contributed by atoms with Crippen molar-refractivity contribution < 1.29 is 24.9 Å². The summed E-state index contributed by atoms with van der Waals surface area (Å²) in [5.74, 6) is -2.41. The van der Waals surface area contributed by atoms with Crippen molar-refractivity contribution in [3.63, 3.8) is 0 Å². The van der Waals surface area contributed by atoms with E-state index < -0.39 is 28.8 Å². The Morgan fingerprint density at radius 3 is 1.84 bits per heavy atom. The molecule has 0 fully saturated rings. The van der Waals surface area contributed by atoms with Crippen LogP contribution in [0.3, 0.4) is 0 Å². The Kier molecular flexibility index (Phi) is 6.20. The molecule has 0 aliphatic rings. The number of aliphatic carboxylic acids is 2. The maximum Gasteiger partial charge on any atom is 0.314 e. The van der Waals surface area contributed by atoms with Gasteiger partial charge in [0.05, 0.1) is 10.8 Å². The fourth-order valence-corrected chi connectivity index (χ4v) is 3.25. The van der Waals surface area contributed by atoms with Gasteiger partial charge in [-0.1, -0.05) is 6.07 Å². The van der Waals surface area contributed by atoms with Crippen LogP contribution in [-0.4, -0.2) is 39.3 Å². The molecule has 0 amide bonds. The van der Waals surface area contributed by atoms with Gasteiger partial charge in [-0.05, 0) is 58.2 Å². The highest BCUT2D eigenvalue weighted by molar-refractivity contribution is 5.84. The molecule has 0 aromatic heterocycles. The summed E-state index contributed by atoms with van der Waals surface area (Å²) in [6.45, 7) is 6.40. The predicted octanol–water partition coefficient (Wildman–Crippen LogP) is 1.55. The van der Waals surface area contributed by atoms with Gasteiger partial charge < -0.3 is 26.8 Å². The number of rotatable bonds is 8. The van der Waals surface area contributed by atoms with Gasteiger partial charge in [0.25, 0.3) is 0 Å². The molecule has 1 aromatic rings. The molecule has 140 valence electrons. The number of phenolic OH excluding ortho intramolecular Hbond substituents is 1. The molecule has 0 saturated carbocycles. The number of hydrogen-bond acceptors (Lipinski definition) is 5. The fourth-order valence-electron chi connectivity index (χ4n) is 3.25. The molecular formula is C18H28N2O5. The van der Waals surface area contributed by atoms with Gasteiger partial charge in [-0.3, -0.25) is 9.59 Å². The van der Waals surface area contributed by atoms with Crippen LogP contribution in [0.15, 0.2) is 18.2 Å². The lowest BCUT2D eigenvalue weighted by atomic mass is 9.72. The largest absolute Gasteiger partial charge is 0.508 e. The van der Waals surface area contributed by atoms with E-state index in [9.17, 15) is 24.9 Å². The average Bonchev–Trinajstić information content (AvgIpc) is 2.45. The van der Waals surface area contributed by atoms with Crippen LogP contribution >= 0.6 is 0 Å². The summed E-state index contributed by atoms with van der Waals surface area (Å²) in [6, 6.07) is 3.48. The number of aromatic hydroxyl groups is 1. The molecule has 7 nitrogen and oxygen atoms in total. The molecule has 1 aromatic carbocycles. The van der Waals surface area contributed by atoms with E-state index in [0.29, 0.717) is 5.56 Å². The molecule has 7 heteroatoms. The van der Waals surface area contributed by atoms with E-state index in [1.165, 1.54) is 25.1 Å². The van der Waals surface area contributed by atoms with Crippen LogP contribution in [0.5, 0.6) is 5.75 Å². The molecule has 1 rings (SSSR count). The fraction of sp³-hybridized carbons (Fsp3) is 0.556. The van der Waals surface area contributed by atoms with Crippen LogP contribution in [-0.2, 0) is 20.4 Å². The van der Waals surface area contributed by atoms with Gasteiger partial charge in [0.2, 0.25) is 0 Å². The topological polar surface area (TPSA) is 147 Å². The van der Waals surface area contributed by atoms with Gasteiger partial charge in [-0.2, -0.15) is 0 Å². The first-order valence-corrected chi connectivity index (χ1v) is 8.16. The molecule has 0 saturated heterocycles. The van der Waals surface area contributed by atoms with E-state index in [4.69, 9.17) is 11.5 Å². The first-order valence-electron chi connectivity index (χ1n) is 8.16. The van der Waals surface area contributed by atoms with Crippen molar-refractivity contribution in [2.45, 2.75) is 63.5 Å². The Hall–Kier alpha value is -2.12. The summed E-state index contributed by atoms with van der Waals surface area (Å²) in [7, 11) is 0. The van der Waals surface area contributed by atoms with E-state index in [1.807, 2.05) is 0 Å². The van der Waals surface area contributed by atoms with Crippen molar-refractivity contribution in [1.82, 2.24) is 0 Å². The number of hydrogen-bond donors (Lipinski definition) is 5. The van der Waals surface area contributed by atoms with Crippen LogP contribution in [0.2, 0.25) is 0 Å². The SMILES string of the molecule is CC(N)CC(C)(C(=O)O)c1ccc(O)c(C(C)(CC(C)N)C(=O)O)c1. The van der Waals surface area contributed by atoms with Crippen LogP contribution in [0, 0.1) is 0 Å². The van der Waals surface area contributed by atoms with E-state index in [0.717, 1.165) is 0 Å². The Bertz CT molecular complexity index is 659. The maximum absolute atomic E-state index is 11.9. The molecule has 0 radical (unpaired) electrons. The lowest BCUT2D eigenvalue weighted by molar-refractivity contribution is -0.144.